The Hall–Kier alpha value is -3.30. The lowest BCUT2D eigenvalue weighted by molar-refractivity contribution is 0.364. The van der Waals surface area contributed by atoms with Crippen molar-refractivity contribution < 1.29 is 19.4 Å². The van der Waals surface area contributed by atoms with Gasteiger partial charge in [-0.15, -0.1) is 22.7 Å². The van der Waals surface area contributed by atoms with Gasteiger partial charge in [-0.2, -0.15) is 17.5 Å². The number of hydrogen-bond donors (Lipinski definition) is 0. The van der Waals surface area contributed by atoms with Gasteiger partial charge in [0.05, 0.1) is 23.1 Å². The molecule has 0 bridgehead atoms. The zero-order valence-corrected chi connectivity index (χ0v) is 24.7. The van der Waals surface area contributed by atoms with Crippen molar-refractivity contribution in [2.75, 3.05) is 0 Å². The van der Waals surface area contributed by atoms with Crippen LogP contribution in [0.4, 0.5) is 30.8 Å². The fourth-order valence-corrected chi connectivity index (χ4v) is 8.57. The molecule has 0 atom stereocenters. The standard InChI is InChI=1S/C27H15F5N4S5/c1-14-4-2-5-15(12-14)18-8-10-20(37-18)22-24-26(35-39-33-24)23(27-25(22)34-40-36-27)21-11-9-19(38-21)16-6-3-7-17(13-16)41(28,29,30,31)32/h2-13H,1H3. The number of rotatable bonds is 5. The first kappa shape index (κ1) is 26.6. The summed E-state index contributed by atoms with van der Waals surface area (Å²) in [6.07, 6.45) is 0. The monoisotopic (exact) mass is 650 g/mol. The van der Waals surface area contributed by atoms with Crippen molar-refractivity contribution in [3.05, 3.63) is 78.4 Å². The highest BCUT2D eigenvalue weighted by atomic mass is 32.5. The molecule has 1 aliphatic heterocycles. The van der Waals surface area contributed by atoms with Crippen LogP contribution in [0.25, 0.3) is 52.8 Å². The Morgan fingerprint density at radius 1 is 0.610 bits per heavy atom. The number of thiophene rings is 2. The summed E-state index contributed by atoms with van der Waals surface area (Å²) >= 11 is 4.89. The van der Waals surface area contributed by atoms with Gasteiger partial charge in [-0.25, -0.2) is 0 Å². The summed E-state index contributed by atoms with van der Waals surface area (Å²) in [5.74, 6) is 0. The third-order valence-corrected chi connectivity index (χ3v) is 11.0. The lowest BCUT2D eigenvalue weighted by Gasteiger charge is -2.40. The van der Waals surface area contributed by atoms with Crippen molar-refractivity contribution in [1.82, 2.24) is 8.75 Å². The number of aromatic nitrogens is 2. The molecule has 1 aliphatic rings. The predicted octanol–water partition coefficient (Wildman–Crippen LogP) is 12.2. The first-order chi connectivity index (χ1) is 19.4. The van der Waals surface area contributed by atoms with Gasteiger partial charge in [-0.05, 0) is 54.4 Å². The van der Waals surface area contributed by atoms with Crippen LogP contribution in [-0.4, -0.2) is 8.75 Å². The van der Waals surface area contributed by atoms with E-state index < -0.39 is 15.1 Å². The topological polar surface area (TPSA) is 50.5 Å². The minimum atomic E-state index is -9.82. The van der Waals surface area contributed by atoms with Crippen LogP contribution in [0.5, 0.6) is 0 Å². The molecule has 0 saturated heterocycles. The Labute approximate surface area is 246 Å². The zero-order chi connectivity index (χ0) is 28.6. The molecular weight excluding hydrogens is 636 g/mol. The number of halogens is 5. The maximum absolute atomic E-state index is 13.5. The molecule has 0 aliphatic carbocycles. The Morgan fingerprint density at radius 2 is 1.12 bits per heavy atom. The Morgan fingerprint density at radius 3 is 1.66 bits per heavy atom. The lowest BCUT2D eigenvalue weighted by Crippen LogP contribution is -2.05. The largest absolute Gasteiger partial charge is 0.310 e. The Kier molecular flexibility index (Phi) is 5.58. The molecule has 0 spiro atoms. The van der Waals surface area contributed by atoms with Crippen LogP contribution >= 0.6 is 44.6 Å². The molecule has 41 heavy (non-hydrogen) atoms. The molecule has 7 rings (SSSR count). The number of aryl methyl sites for hydroxylation is 1. The van der Waals surface area contributed by atoms with E-state index in [-0.39, 0.29) is 5.56 Å². The molecule has 14 heteroatoms. The minimum absolute atomic E-state index is 0.0474. The molecular formula is C27H15F5N4S5. The van der Waals surface area contributed by atoms with E-state index in [4.69, 9.17) is 0 Å². The molecule has 3 aromatic carbocycles. The van der Waals surface area contributed by atoms with Crippen LogP contribution in [0, 0.1) is 6.92 Å². The quantitative estimate of drug-likeness (QED) is 0.174. The van der Waals surface area contributed by atoms with Crippen molar-refractivity contribution in [2.45, 2.75) is 11.8 Å². The average Bonchev–Trinajstić information content (AvgIpc) is 3.73. The fourth-order valence-electron chi connectivity index (χ4n) is 4.67. The summed E-state index contributed by atoms with van der Waals surface area (Å²) in [4.78, 5) is 1.22. The summed E-state index contributed by atoms with van der Waals surface area (Å²) in [5.41, 5.74) is 6.32. The zero-order valence-electron chi connectivity index (χ0n) is 20.6. The Bertz CT molecular complexity index is 2110. The minimum Gasteiger partial charge on any atom is -0.172 e. The maximum Gasteiger partial charge on any atom is 0.310 e. The molecule has 0 unspecified atom stereocenters. The molecule has 208 valence electrons. The van der Waals surface area contributed by atoms with Gasteiger partial charge >= 0.3 is 10.2 Å². The number of hydrogen-bond acceptors (Lipinski definition) is 7. The van der Waals surface area contributed by atoms with Crippen molar-refractivity contribution >= 4 is 78.4 Å². The summed E-state index contributed by atoms with van der Waals surface area (Å²) in [6, 6.07) is 19.0. The highest BCUT2D eigenvalue weighted by Crippen LogP contribution is 3.02. The highest BCUT2D eigenvalue weighted by Gasteiger charge is 2.65. The molecule has 0 radical (unpaired) electrons. The molecule has 4 nitrogen and oxygen atoms in total. The predicted molar refractivity (Wildman–Crippen MR) is 163 cm³/mol. The van der Waals surface area contributed by atoms with E-state index in [1.54, 1.807) is 23.5 Å². The smallest absolute Gasteiger partial charge is 0.172 e. The molecule has 4 heterocycles. The molecule has 0 amide bonds. The third-order valence-electron chi connectivity index (χ3n) is 6.50. The van der Waals surface area contributed by atoms with Crippen LogP contribution in [0.15, 0.2) is 86.4 Å². The molecule has 3 aromatic heterocycles. The Balaban J connectivity index is 1.35. The van der Waals surface area contributed by atoms with Gasteiger partial charge in [-0.1, -0.05) is 61.4 Å². The molecule has 0 fully saturated rings. The van der Waals surface area contributed by atoms with Crippen LogP contribution in [0.2, 0.25) is 0 Å². The van der Waals surface area contributed by atoms with Crippen molar-refractivity contribution in [3.63, 3.8) is 0 Å². The van der Waals surface area contributed by atoms with Gasteiger partial charge < -0.3 is 0 Å². The molecule has 0 saturated carbocycles. The van der Waals surface area contributed by atoms with E-state index in [1.807, 2.05) is 25.1 Å². The number of benzene rings is 3. The lowest BCUT2D eigenvalue weighted by atomic mass is 10.0. The SMILES string of the molecule is Cc1cccc(-c2ccc(-c3c4c(c(-c5ccc(-c6cccc(S(F)(F)(F)(F)F)c6)s5)c5nsnc35)N=S=N4)s2)c1. The average molecular weight is 651 g/mol. The summed E-state index contributed by atoms with van der Waals surface area (Å²) < 4.78 is 85.6. The second kappa shape index (κ2) is 8.61. The van der Waals surface area contributed by atoms with Gasteiger partial charge in [0.2, 0.25) is 0 Å². The van der Waals surface area contributed by atoms with Gasteiger partial charge in [-0.3, -0.25) is 0 Å². The van der Waals surface area contributed by atoms with Crippen LogP contribution in [-0.2, 0) is 11.4 Å². The van der Waals surface area contributed by atoms with Gasteiger partial charge in [0.1, 0.15) is 27.3 Å². The second-order valence-electron chi connectivity index (χ2n) is 9.37. The molecule has 0 N–H and O–H groups in total. The molecule has 6 aromatic rings. The van der Waals surface area contributed by atoms with Crippen molar-refractivity contribution in [1.29, 1.82) is 0 Å². The second-order valence-corrected chi connectivity index (χ2v) is 15.0. The van der Waals surface area contributed by atoms with Gasteiger partial charge in [0, 0.05) is 30.6 Å². The van der Waals surface area contributed by atoms with Gasteiger partial charge in [0.25, 0.3) is 0 Å². The summed E-state index contributed by atoms with van der Waals surface area (Å²) in [5, 5.41) is 0. The van der Waals surface area contributed by atoms with E-state index in [9.17, 15) is 19.4 Å². The fraction of sp³-hybridized carbons (Fsp3) is 0.0370. The van der Waals surface area contributed by atoms with E-state index >= 15 is 0 Å². The summed E-state index contributed by atoms with van der Waals surface area (Å²) in [6.45, 7) is 2.05. The number of nitrogens with zero attached hydrogens (tertiary/aromatic N) is 4. The number of fused-ring (bicyclic) bond motifs is 2. The van der Waals surface area contributed by atoms with E-state index in [1.165, 1.54) is 17.4 Å². The van der Waals surface area contributed by atoms with E-state index in [2.05, 4.69) is 35.7 Å². The summed E-state index contributed by atoms with van der Waals surface area (Å²) in [7, 11) is -9.82. The van der Waals surface area contributed by atoms with Gasteiger partial charge in [0.15, 0.2) is 0 Å². The van der Waals surface area contributed by atoms with Crippen LogP contribution in [0.3, 0.4) is 0 Å². The third kappa shape index (κ3) is 4.73. The van der Waals surface area contributed by atoms with E-state index in [0.29, 0.717) is 49.9 Å². The van der Waals surface area contributed by atoms with E-state index in [0.717, 1.165) is 55.6 Å². The normalized spacial score (nSPS) is 14.6. The van der Waals surface area contributed by atoms with Crippen molar-refractivity contribution in [2.24, 2.45) is 8.73 Å². The first-order valence-corrected chi connectivity index (χ1v) is 16.9. The van der Waals surface area contributed by atoms with Crippen LogP contribution < -0.4 is 0 Å². The highest BCUT2D eigenvalue weighted by molar-refractivity contribution is 8.45. The van der Waals surface area contributed by atoms with Crippen molar-refractivity contribution in [3.8, 4) is 41.8 Å². The maximum atomic E-state index is 13.5. The first-order valence-electron chi connectivity index (χ1n) is 11.9. The van der Waals surface area contributed by atoms with Crippen LogP contribution in [0.1, 0.15) is 5.56 Å².